The van der Waals surface area contributed by atoms with Gasteiger partial charge in [0.2, 0.25) is 0 Å². The third kappa shape index (κ3) is 4.70. The third-order valence-corrected chi connectivity index (χ3v) is 2.93. The smallest absolute Gasteiger partial charge is 0.288 e. The van der Waals surface area contributed by atoms with Crippen molar-refractivity contribution in [3.63, 3.8) is 0 Å². The molecular formula is C13H17ClN2O4. The van der Waals surface area contributed by atoms with Crippen molar-refractivity contribution in [1.82, 2.24) is 5.32 Å². The number of nitrogens with one attached hydrogen (secondary N) is 1. The fourth-order valence-corrected chi connectivity index (χ4v) is 1.74. The third-order valence-electron chi connectivity index (χ3n) is 2.63. The molecule has 20 heavy (non-hydrogen) atoms. The Morgan fingerprint density at radius 1 is 1.55 bits per heavy atom. The van der Waals surface area contributed by atoms with E-state index in [0.29, 0.717) is 12.3 Å². The SMILES string of the molecule is CCCCNC(=O)C(C)Oc1ccc([N+](=O)[O-])c(Cl)c1. The molecule has 7 heteroatoms. The standard InChI is InChI=1S/C13H17ClN2O4/c1-3-4-7-15-13(17)9(2)20-10-5-6-12(16(18)19)11(14)8-10/h5-6,8-9H,3-4,7H2,1-2H3,(H,15,17). The lowest BCUT2D eigenvalue weighted by molar-refractivity contribution is -0.384. The Morgan fingerprint density at radius 2 is 2.25 bits per heavy atom. The summed E-state index contributed by atoms with van der Waals surface area (Å²) in [6.45, 7) is 4.24. The van der Waals surface area contributed by atoms with Gasteiger partial charge in [-0.15, -0.1) is 0 Å². The lowest BCUT2D eigenvalue weighted by Crippen LogP contribution is -2.36. The van der Waals surface area contributed by atoms with Gasteiger partial charge < -0.3 is 10.1 Å². The van der Waals surface area contributed by atoms with Gasteiger partial charge in [0.1, 0.15) is 10.8 Å². The number of hydrogen-bond donors (Lipinski definition) is 1. The van der Waals surface area contributed by atoms with E-state index in [4.69, 9.17) is 16.3 Å². The van der Waals surface area contributed by atoms with Gasteiger partial charge in [0.25, 0.3) is 11.6 Å². The molecule has 1 atom stereocenters. The maximum atomic E-state index is 11.7. The van der Waals surface area contributed by atoms with Crippen LogP contribution in [0.25, 0.3) is 0 Å². The van der Waals surface area contributed by atoms with Crippen LogP contribution in [0.15, 0.2) is 18.2 Å². The van der Waals surface area contributed by atoms with E-state index in [0.717, 1.165) is 12.8 Å². The van der Waals surface area contributed by atoms with Crippen molar-refractivity contribution in [2.45, 2.75) is 32.8 Å². The number of ether oxygens (including phenoxy) is 1. The molecule has 1 aromatic carbocycles. The first-order valence-corrected chi connectivity index (χ1v) is 6.71. The van der Waals surface area contributed by atoms with Gasteiger partial charge >= 0.3 is 0 Å². The lowest BCUT2D eigenvalue weighted by atomic mass is 10.3. The molecule has 110 valence electrons. The summed E-state index contributed by atoms with van der Waals surface area (Å²) in [7, 11) is 0. The van der Waals surface area contributed by atoms with Crippen molar-refractivity contribution in [3.05, 3.63) is 33.3 Å². The Balaban J connectivity index is 2.62. The zero-order valence-corrected chi connectivity index (χ0v) is 12.1. The summed E-state index contributed by atoms with van der Waals surface area (Å²) >= 11 is 5.77. The fourth-order valence-electron chi connectivity index (χ4n) is 1.50. The summed E-state index contributed by atoms with van der Waals surface area (Å²) < 4.78 is 5.40. The molecule has 0 saturated carbocycles. The highest BCUT2D eigenvalue weighted by molar-refractivity contribution is 6.32. The molecule has 0 aromatic heterocycles. The van der Waals surface area contributed by atoms with Gasteiger partial charge in [-0.2, -0.15) is 0 Å². The second-order valence-electron chi connectivity index (χ2n) is 4.27. The maximum Gasteiger partial charge on any atom is 0.288 e. The van der Waals surface area contributed by atoms with Gasteiger partial charge in [-0.05, 0) is 19.4 Å². The Morgan fingerprint density at radius 3 is 2.80 bits per heavy atom. The quantitative estimate of drug-likeness (QED) is 0.477. The van der Waals surface area contributed by atoms with Crippen LogP contribution in [0.4, 0.5) is 5.69 Å². The highest BCUT2D eigenvalue weighted by Gasteiger charge is 2.17. The van der Waals surface area contributed by atoms with Crippen LogP contribution < -0.4 is 10.1 Å². The van der Waals surface area contributed by atoms with Crippen LogP contribution in [0, 0.1) is 10.1 Å². The van der Waals surface area contributed by atoms with Gasteiger partial charge in [0.05, 0.1) is 4.92 Å². The van der Waals surface area contributed by atoms with Crippen molar-refractivity contribution in [2.75, 3.05) is 6.54 Å². The van der Waals surface area contributed by atoms with E-state index >= 15 is 0 Å². The number of halogens is 1. The van der Waals surface area contributed by atoms with Crippen LogP contribution in [0.1, 0.15) is 26.7 Å². The fraction of sp³-hybridized carbons (Fsp3) is 0.462. The molecule has 0 bridgehead atoms. The van der Waals surface area contributed by atoms with Gasteiger partial charge in [0, 0.05) is 18.7 Å². The molecular weight excluding hydrogens is 284 g/mol. The van der Waals surface area contributed by atoms with E-state index < -0.39 is 11.0 Å². The first kappa shape index (κ1) is 16.2. The molecule has 0 aliphatic heterocycles. The predicted molar refractivity (Wildman–Crippen MR) is 76.1 cm³/mol. The number of nitro groups is 1. The average Bonchev–Trinajstić information content (AvgIpc) is 2.38. The largest absolute Gasteiger partial charge is 0.481 e. The minimum atomic E-state index is -0.690. The zero-order chi connectivity index (χ0) is 15.1. The number of nitro benzene ring substituents is 1. The van der Waals surface area contributed by atoms with E-state index in [-0.39, 0.29) is 16.6 Å². The monoisotopic (exact) mass is 300 g/mol. The Hall–Kier alpha value is -1.82. The Labute approximate surface area is 122 Å². The predicted octanol–water partition coefficient (Wildman–Crippen LogP) is 2.93. The molecule has 1 unspecified atom stereocenters. The zero-order valence-electron chi connectivity index (χ0n) is 11.4. The van der Waals surface area contributed by atoms with Crippen molar-refractivity contribution >= 4 is 23.2 Å². The number of unbranched alkanes of at least 4 members (excludes halogenated alkanes) is 1. The van der Waals surface area contributed by atoms with Gasteiger partial charge in [-0.1, -0.05) is 24.9 Å². The number of nitrogens with zero attached hydrogens (tertiary/aromatic N) is 1. The first-order chi connectivity index (χ1) is 9.45. The number of rotatable bonds is 7. The molecule has 1 aromatic rings. The number of carbonyl (C=O) groups is 1. The average molecular weight is 301 g/mol. The van der Waals surface area contributed by atoms with Crippen LogP contribution >= 0.6 is 11.6 Å². The minimum Gasteiger partial charge on any atom is -0.481 e. The molecule has 0 spiro atoms. The number of carbonyl (C=O) groups excluding carboxylic acids is 1. The van der Waals surface area contributed by atoms with Crippen LogP contribution in [0.2, 0.25) is 5.02 Å². The Kier molecular flexibility index (Phi) is 6.24. The van der Waals surface area contributed by atoms with E-state index in [1.807, 2.05) is 6.92 Å². The highest BCUT2D eigenvalue weighted by atomic mass is 35.5. The second kappa shape index (κ2) is 7.69. The number of amides is 1. The van der Waals surface area contributed by atoms with E-state index in [1.165, 1.54) is 18.2 Å². The maximum absolute atomic E-state index is 11.7. The minimum absolute atomic E-state index is 0.0221. The summed E-state index contributed by atoms with van der Waals surface area (Å²) in [6, 6.07) is 3.99. The Bertz CT molecular complexity index is 493. The molecule has 0 saturated heterocycles. The molecule has 1 rings (SSSR count). The van der Waals surface area contributed by atoms with Crippen LogP contribution in [-0.2, 0) is 4.79 Å². The van der Waals surface area contributed by atoms with Crippen molar-refractivity contribution < 1.29 is 14.5 Å². The van der Waals surface area contributed by atoms with Crippen LogP contribution in [0.5, 0.6) is 5.75 Å². The summed E-state index contributed by atoms with van der Waals surface area (Å²) in [5.74, 6) is 0.0895. The van der Waals surface area contributed by atoms with Crippen LogP contribution in [0.3, 0.4) is 0 Å². The van der Waals surface area contributed by atoms with Crippen molar-refractivity contribution in [2.24, 2.45) is 0 Å². The number of benzene rings is 1. The summed E-state index contributed by atoms with van der Waals surface area (Å²) in [6.07, 6.45) is 1.21. The molecule has 1 N–H and O–H groups in total. The van der Waals surface area contributed by atoms with Crippen LogP contribution in [-0.4, -0.2) is 23.5 Å². The molecule has 0 heterocycles. The molecule has 0 aliphatic rings. The van der Waals surface area contributed by atoms with Gasteiger partial charge in [-0.25, -0.2) is 0 Å². The summed E-state index contributed by atoms with van der Waals surface area (Å²) in [4.78, 5) is 21.8. The molecule has 0 aliphatic carbocycles. The summed E-state index contributed by atoms with van der Waals surface area (Å²) in [5.41, 5.74) is -0.195. The molecule has 0 fully saturated rings. The number of hydrogen-bond acceptors (Lipinski definition) is 4. The van der Waals surface area contributed by atoms with Gasteiger partial charge in [0.15, 0.2) is 6.10 Å². The van der Waals surface area contributed by atoms with Crippen molar-refractivity contribution in [1.29, 1.82) is 0 Å². The molecule has 1 amide bonds. The first-order valence-electron chi connectivity index (χ1n) is 6.34. The van der Waals surface area contributed by atoms with Crippen molar-refractivity contribution in [3.8, 4) is 5.75 Å². The topological polar surface area (TPSA) is 81.5 Å². The summed E-state index contributed by atoms with van der Waals surface area (Å²) in [5, 5.41) is 13.3. The normalized spacial score (nSPS) is 11.8. The highest BCUT2D eigenvalue weighted by Crippen LogP contribution is 2.28. The van der Waals surface area contributed by atoms with E-state index in [1.54, 1.807) is 6.92 Å². The van der Waals surface area contributed by atoms with E-state index in [9.17, 15) is 14.9 Å². The van der Waals surface area contributed by atoms with Gasteiger partial charge in [-0.3, -0.25) is 14.9 Å². The molecule has 0 radical (unpaired) electrons. The van der Waals surface area contributed by atoms with E-state index in [2.05, 4.69) is 5.32 Å². The lowest BCUT2D eigenvalue weighted by Gasteiger charge is -2.14. The second-order valence-corrected chi connectivity index (χ2v) is 4.68. The molecule has 6 nitrogen and oxygen atoms in total.